The highest BCUT2D eigenvalue weighted by atomic mass is 15.5. The standard InChI is InChI=1S/C8H13N5/c1-2-3-4-5-6-8-10-11-12-13(8)7-9/h2-6H2,1H3. The molecule has 0 N–H and O–H groups in total. The third-order valence-electron chi connectivity index (χ3n) is 1.88. The second-order valence-electron chi connectivity index (χ2n) is 2.92. The first-order valence-electron chi connectivity index (χ1n) is 4.56. The van der Waals surface area contributed by atoms with Crippen LogP contribution in [0.3, 0.4) is 0 Å². The smallest absolute Gasteiger partial charge is 0.170 e. The van der Waals surface area contributed by atoms with E-state index in [1.807, 2.05) is 6.19 Å². The number of nitrogens with zero attached hydrogens (tertiary/aromatic N) is 5. The number of tetrazole rings is 1. The summed E-state index contributed by atoms with van der Waals surface area (Å²) in [7, 11) is 0. The minimum atomic E-state index is 0.665. The van der Waals surface area contributed by atoms with Crippen LogP contribution >= 0.6 is 0 Å². The van der Waals surface area contributed by atoms with Crippen molar-refractivity contribution in [3.8, 4) is 6.19 Å². The largest absolute Gasteiger partial charge is 0.209 e. The van der Waals surface area contributed by atoms with Crippen LogP contribution in [-0.4, -0.2) is 20.2 Å². The van der Waals surface area contributed by atoms with Crippen molar-refractivity contribution in [3.05, 3.63) is 5.82 Å². The molecule has 1 aromatic heterocycles. The fraction of sp³-hybridized carbons (Fsp3) is 0.750. The first-order valence-corrected chi connectivity index (χ1v) is 4.56. The van der Waals surface area contributed by atoms with Gasteiger partial charge in [0.15, 0.2) is 5.82 Å². The molecule has 5 heteroatoms. The van der Waals surface area contributed by atoms with E-state index in [9.17, 15) is 0 Å². The van der Waals surface area contributed by atoms with E-state index >= 15 is 0 Å². The fourth-order valence-corrected chi connectivity index (χ4v) is 1.15. The average molecular weight is 179 g/mol. The number of hydrogen-bond donors (Lipinski definition) is 0. The maximum absolute atomic E-state index is 8.58. The first kappa shape index (κ1) is 9.65. The fourth-order valence-electron chi connectivity index (χ4n) is 1.15. The van der Waals surface area contributed by atoms with Gasteiger partial charge in [-0.15, -0.1) is 9.78 Å². The Hall–Kier alpha value is -1.44. The van der Waals surface area contributed by atoms with Gasteiger partial charge in [0.1, 0.15) is 0 Å². The molecule has 0 aliphatic rings. The van der Waals surface area contributed by atoms with Crippen molar-refractivity contribution >= 4 is 0 Å². The van der Waals surface area contributed by atoms with Gasteiger partial charge in [0.2, 0.25) is 6.19 Å². The van der Waals surface area contributed by atoms with Gasteiger partial charge in [-0.25, -0.2) is 0 Å². The van der Waals surface area contributed by atoms with Gasteiger partial charge in [-0.2, -0.15) is 5.26 Å². The molecule has 0 bridgehead atoms. The molecule has 70 valence electrons. The van der Waals surface area contributed by atoms with Crippen LogP contribution in [0.2, 0.25) is 0 Å². The lowest BCUT2D eigenvalue weighted by Crippen LogP contribution is -1.99. The molecule has 0 amide bonds. The van der Waals surface area contributed by atoms with Crippen LogP contribution in [0.5, 0.6) is 0 Å². The SMILES string of the molecule is CCCCCCc1nnnn1C#N. The van der Waals surface area contributed by atoms with Crippen LogP contribution in [0, 0.1) is 11.5 Å². The topological polar surface area (TPSA) is 67.4 Å². The quantitative estimate of drug-likeness (QED) is 0.635. The predicted octanol–water partition coefficient (Wildman–Crippen LogP) is 1.13. The molecule has 0 saturated heterocycles. The highest BCUT2D eigenvalue weighted by Gasteiger charge is 2.03. The highest BCUT2D eigenvalue weighted by molar-refractivity contribution is 4.89. The molecular formula is C8H13N5. The summed E-state index contributed by atoms with van der Waals surface area (Å²) in [4.78, 5) is 0. The van der Waals surface area contributed by atoms with Crippen molar-refractivity contribution in [2.45, 2.75) is 39.0 Å². The summed E-state index contributed by atoms with van der Waals surface area (Å²) in [5.74, 6) is 0.665. The van der Waals surface area contributed by atoms with E-state index in [4.69, 9.17) is 5.26 Å². The van der Waals surface area contributed by atoms with E-state index in [2.05, 4.69) is 22.4 Å². The summed E-state index contributed by atoms with van der Waals surface area (Å²) in [6.45, 7) is 2.17. The second-order valence-corrected chi connectivity index (χ2v) is 2.92. The molecular weight excluding hydrogens is 166 g/mol. The van der Waals surface area contributed by atoms with Gasteiger partial charge in [-0.1, -0.05) is 26.2 Å². The predicted molar refractivity (Wildman–Crippen MR) is 46.7 cm³/mol. The lowest BCUT2D eigenvalue weighted by molar-refractivity contribution is 0.642. The third kappa shape index (κ3) is 2.82. The van der Waals surface area contributed by atoms with Gasteiger partial charge in [0.25, 0.3) is 0 Å². The summed E-state index contributed by atoms with van der Waals surface area (Å²) < 4.78 is 1.17. The molecule has 0 unspecified atom stereocenters. The lowest BCUT2D eigenvalue weighted by atomic mass is 10.1. The summed E-state index contributed by atoms with van der Waals surface area (Å²) in [5.41, 5.74) is 0. The molecule has 0 aliphatic heterocycles. The van der Waals surface area contributed by atoms with Crippen LogP contribution in [0.1, 0.15) is 38.4 Å². The van der Waals surface area contributed by atoms with Crippen molar-refractivity contribution in [1.29, 1.82) is 5.26 Å². The molecule has 0 aromatic carbocycles. The maximum atomic E-state index is 8.58. The zero-order valence-corrected chi connectivity index (χ0v) is 7.77. The van der Waals surface area contributed by atoms with Crippen molar-refractivity contribution in [3.63, 3.8) is 0 Å². The number of hydrogen-bond acceptors (Lipinski definition) is 4. The van der Waals surface area contributed by atoms with Gasteiger partial charge in [-0.3, -0.25) is 0 Å². The Bertz CT molecular complexity index is 285. The van der Waals surface area contributed by atoms with Crippen molar-refractivity contribution < 1.29 is 0 Å². The monoisotopic (exact) mass is 179 g/mol. The number of nitriles is 1. The van der Waals surface area contributed by atoms with E-state index in [1.54, 1.807) is 0 Å². The molecule has 5 nitrogen and oxygen atoms in total. The summed E-state index contributed by atoms with van der Waals surface area (Å²) >= 11 is 0. The van der Waals surface area contributed by atoms with E-state index in [0.717, 1.165) is 12.8 Å². The molecule has 0 aliphatic carbocycles. The van der Waals surface area contributed by atoms with Crippen LogP contribution in [-0.2, 0) is 6.42 Å². The van der Waals surface area contributed by atoms with Gasteiger partial charge >= 0.3 is 0 Å². The molecule has 1 heterocycles. The minimum Gasteiger partial charge on any atom is -0.170 e. The zero-order valence-electron chi connectivity index (χ0n) is 7.77. The zero-order chi connectivity index (χ0) is 9.52. The second kappa shape index (κ2) is 5.25. The number of rotatable bonds is 5. The maximum Gasteiger partial charge on any atom is 0.209 e. The van der Waals surface area contributed by atoms with Crippen LogP contribution in [0.4, 0.5) is 0 Å². The third-order valence-corrected chi connectivity index (χ3v) is 1.88. The van der Waals surface area contributed by atoms with Gasteiger partial charge in [0, 0.05) is 6.42 Å². The Kier molecular flexibility index (Phi) is 3.89. The Morgan fingerprint density at radius 2 is 2.23 bits per heavy atom. The molecule has 0 radical (unpaired) electrons. The molecule has 13 heavy (non-hydrogen) atoms. The highest BCUT2D eigenvalue weighted by Crippen LogP contribution is 2.03. The number of aryl methyl sites for hydroxylation is 1. The summed E-state index contributed by atoms with van der Waals surface area (Å²) in [5, 5.41) is 19.3. The van der Waals surface area contributed by atoms with E-state index in [1.165, 1.54) is 23.9 Å². The molecule has 0 fully saturated rings. The van der Waals surface area contributed by atoms with Crippen molar-refractivity contribution in [2.24, 2.45) is 0 Å². The average Bonchev–Trinajstić information content (AvgIpc) is 2.60. The molecule has 0 atom stereocenters. The number of aromatic nitrogens is 4. The Balaban J connectivity index is 2.33. The van der Waals surface area contributed by atoms with Crippen LogP contribution in [0.15, 0.2) is 0 Å². The molecule has 0 spiro atoms. The minimum absolute atomic E-state index is 0.665. The van der Waals surface area contributed by atoms with Crippen LogP contribution < -0.4 is 0 Å². The molecule has 1 aromatic rings. The van der Waals surface area contributed by atoms with Crippen molar-refractivity contribution in [2.75, 3.05) is 0 Å². The van der Waals surface area contributed by atoms with E-state index in [-0.39, 0.29) is 0 Å². The molecule has 0 saturated carbocycles. The normalized spacial score (nSPS) is 9.85. The first-order chi connectivity index (χ1) is 6.38. The number of unbranched alkanes of at least 4 members (excludes halogenated alkanes) is 3. The lowest BCUT2D eigenvalue weighted by Gasteiger charge is -1.96. The van der Waals surface area contributed by atoms with Crippen molar-refractivity contribution in [1.82, 2.24) is 20.2 Å². The molecule has 1 rings (SSSR count). The van der Waals surface area contributed by atoms with Gasteiger partial charge < -0.3 is 0 Å². The Morgan fingerprint density at radius 1 is 1.38 bits per heavy atom. The van der Waals surface area contributed by atoms with Gasteiger partial charge in [-0.05, 0) is 16.8 Å². The van der Waals surface area contributed by atoms with E-state index in [0.29, 0.717) is 5.82 Å². The Labute approximate surface area is 77.4 Å². The van der Waals surface area contributed by atoms with Gasteiger partial charge in [0.05, 0.1) is 0 Å². The van der Waals surface area contributed by atoms with E-state index < -0.39 is 0 Å². The summed E-state index contributed by atoms with van der Waals surface area (Å²) in [6.07, 6.45) is 7.36. The Morgan fingerprint density at radius 3 is 2.92 bits per heavy atom. The van der Waals surface area contributed by atoms with Crippen LogP contribution in [0.25, 0.3) is 0 Å². The summed E-state index contributed by atoms with van der Waals surface area (Å²) in [6, 6.07) is 0.